The SMILES string of the molecule is CC(=O)OC/C=C/C1OC(=O)c2ccccc21. The minimum atomic E-state index is -0.380. The first kappa shape index (κ1) is 11.4. The largest absolute Gasteiger partial charge is 0.462 e. The van der Waals surface area contributed by atoms with Gasteiger partial charge in [0.1, 0.15) is 12.7 Å². The van der Waals surface area contributed by atoms with Crippen LogP contribution in [0, 0.1) is 0 Å². The summed E-state index contributed by atoms with van der Waals surface area (Å²) in [6, 6.07) is 7.23. The molecule has 4 nitrogen and oxygen atoms in total. The van der Waals surface area contributed by atoms with Crippen molar-refractivity contribution in [3.63, 3.8) is 0 Å². The lowest BCUT2D eigenvalue weighted by molar-refractivity contribution is -0.139. The predicted octanol–water partition coefficient (Wildman–Crippen LogP) is 2.02. The summed E-state index contributed by atoms with van der Waals surface area (Å²) >= 11 is 0. The van der Waals surface area contributed by atoms with Crippen molar-refractivity contribution in [2.45, 2.75) is 13.0 Å². The van der Waals surface area contributed by atoms with Crippen molar-refractivity contribution in [1.82, 2.24) is 0 Å². The monoisotopic (exact) mass is 232 g/mol. The average molecular weight is 232 g/mol. The van der Waals surface area contributed by atoms with Gasteiger partial charge in [-0.3, -0.25) is 4.79 Å². The highest BCUT2D eigenvalue weighted by molar-refractivity contribution is 5.94. The molecule has 0 aliphatic carbocycles. The van der Waals surface area contributed by atoms with E-state index in [0.717, 1.165) is 5.56 Å². The van der Waals surface area contributed by atoms with E-state index in [9.17, 15) is 9.59 Å². The summed E-state index contributed by atoms with van der Waals surface area (Å²) in [6.07, 6.45) is 3.00. The van der Waals surface area contributed by atoms with E-state index >= 15 is 0 Å². The van der Waals surface area contributed by atoms with E-state index in [2.05, 4.69) is 0 Å². The highest BCUT2D eigenvalue weighted by atomic mass is 16.5. The van der Waals surface area contributed by atoms with Gasteiger partial charge < -0.3 is 9.47 Å². The maximum atomic E-state index is 11.5. The number of cyclic esters (lactones) is 1. The Bertz CT molecular complexity index is 476. The molecular formula is C13H12O4. The molecule has 0 saturated heterocycles. The predicted molar refractivity (Wildman–Crippen MR) is 60.4 cm³/mol. The topological polar surface area (TPSA) is 52.6 Å². The van der Waals surface area contributed by atoms with Gasteiger partial charge in [0.2, 0.25) is 0 Å². The van der Waals surface area contributed by atoms with Gasteiger partial charge in [-0.2, -0.15) is 0 Å². The number of esters is 2. The van der Waals surface area contributed by atoms with Gasteiger partial charge in [-0.15, -0.1) is 0 Å². The van der Waals surface area contributed by atoms with Gasteiger partial charge in [0, 0.05) is 12.5 Å². The van der Waals surface area contributed by atoms with E-state index in [1.54, 1.807) is 24.3 Å². The highest BCUT2D eigenvalue weighted by Gasteiger charge is 2.28. The van der Waals surface area contributed by atoms with Crippen molar-refractivity contribution < 1.29 is 19.1 Å². The number of hydrogen-bond donors (Lipinski definition) is 0. The minimum Gasteiger partial charge on any atom is -0.462 e. The van der Waals surface area contributed by atoms with Gasteiger partial charge in [-0.25, -0.2) is 4.79 Å². The zero-order chi connectivity index (χ0) is 12.3. The summed E-state index contributed by atoms with van der Waals surface area (Å²) in [5, 5.41) is 0. The third kappa shape index (κ3) is 2.53. The smallest absolute Gasteiger partial charge is 0.339 e. The van der Waals surface area contributed by atoms with Crippen molar-refractivity contribution in [3.8, 4) is 0 Å². The second-order valence-electron chi connectivity index (χ2n) is 3.64. The van der Waals surface area contributed by atoms with Crippen LogP contribution in [0.5, 0.6) is 0 Å². The number of carbonyl (C=O) groups is 2. The lowest BCUT2D eigenvalue weighted by Crippen LogP contribution is -1.99. The molecule has 17 heavy (non-hydrogen) atoms. The molecule has 4 heteroatoms. The van der Waals surface area contributed by atoms with Crippen LogP contribution in [0.4, 0.5) is 0 Å². The van der Waals surface area contributed by atoms with E-state index in [1.165, 1.54) is 6.92 Å². The summed E-state index contributed by atoms with van der Waals surface area (Å²) in [7, 11) is 0. The molecule has 0 saturated carbocycles. The van der Waals surface area contributed by atoms with Crippen LogP contribution in [-0.2, 0) is 14.3 Å². The molecule has 1 atom stereocenters. The molecule has 1 heterocycles. The zero-order valence-electron chi connectivity index (χ0n) is 9.38. The van der Waals surface area contributed by atoms with Gasteiger partial charge in [-0.05, 0) is 18.2 Å². The summed E-state index contributed by atoms with van der Waals surface area (Å²) in [4.78, 5) is 22.0. The third-order valence-corrected chi connectivity index (χ3v) is 2.41. The molecule has 1 aromatic carbocycles. The minimum absolute atomic E-state index is 0.186. The van der Waals surface area contributed by atoms with Gasteiger partial charge >= 0.3 is 11.9 Å². The van der Waals surface area contributed by atoms with Crippen LogP contribution in [0.15, 0.2) is 36.4 Å². The first-order valence-corrected chi connectivity index (χ1v) is 5.28. The lowest BCUT2D eigenvalue weighted by Gasteiger charge is -2.04. The quantitative estimate of drug-likeness (QED) is 0.591. The summed E-state index contributed by atoms with van der Waals surface area (Å²) in [6.45, 7) is 1.53. The molecule has 0 radical (unpaired) electrons. The molecule has 0 bridgehead atoms. The van der Waals surface area contributed by atoms with E-state index in [0.29, 0.717) is 5.56 Å². The van der Waals surface area contributed by atoms with E-state index in [-0.39, 0.29) is 24.6 Å². The Morgan fingerprint density at radius 1 is 1.47 bits per heavy atom. The molecule has 2 rings (SSSR count). The number of carbonyl (C=O) groups excluding carboxylic acids is 2. The van der Waals surface area contributed by atoms with Crippen molar-refractivity contribution in [2.75, 3.05) is 6.61 Å². The Kier molecular flexibility index (Phi) is 3.23. The lowest BCUT2D eigenvalue weighted by atomic mass is 10.1. The fourth-order valence-electron chi connectivity index (χ4n) is 1.66. The molecule has 1 unspecified atom stereocenters. The van der Waals surface area contributed by atoms with Crippen LogP contribution in [-0.4, -0.2) is 18.5 Å². The fourth-order valence-corrected chi connectivity index (χ4v) is 1.66. The Morgan fingerprint density at radius 3 is 3.00 bits per heavy atom. The average Bonchev–Trinajstić information content (AvgIpc) is 2.63. The zero-order valence-corrected chi connectivity index (χ0v) is 9.38. The van der Waals surface area contributed by atoms with E-state index in [4.69, 9.17) is 9.47 Å². The first-order valence-electron chi connectivity index (χ1n) is 5.28. The molecule has 88 valence electrons. The Hall–Kier alpha value is -2.10. The van der Waals surface area contributed by atoms with E-state index in [1.807, 2.05) is 12.1 Å². The number of hydrogen-bond acceptors (Lipinski definition) is 4. The molecule has 1 aromatic rings. The Morgan fingerprint density at radius 2 is 2.24 bits per heavy atom. The van der Waals surface area contributed by atoms with Crippen LogP contribution >= 0.6 is 0 Å². The molecule has 0 aromatic heterocycles. The molecule has 0 N–H and O–H groups in total. The normalized spacial score (nSPS) is 17.9. The van der Waals surface area contributed by atoms with Crippen LogP contribution in [0.2, 0.25) is 0 Å². The maximum absolute atomic E-state index is 11.5. The molecule has 1 aliphatic rings. The number of ether oxygens (including phenoxy) is 2. The van der Waals surface area contributed by atoms with Gasteiger partial charge in [0.15, 0.2) is 0 Å². The second-order valence-corrected chi connectivity index (χ2v) is 3.64. The van der Waals surface area contributed by atoms with Crippen LogP contribution in [0.25, 0.3) is 0 Å². The van der Waals surface area contributed by atoms with Gasteiger partial charge in [-0.1, -0.05) is 18.2 Å². The van der Waals surface area contributed by atoms with Crippen LogP contribution in [0.3, 0.4) is 0 Å². The van der Waals surface area contributed by atoms with Crippen molar-refractivity contribution in [2.24, 2.45) is 0 Å². The number of fused-ring (bicyclic) bond motifs is 1. The van der Waals surface area contributed by atoms with E-state index < -0.39 is 0 Å². The molecular weight excluding hydrogens is 220 g/mol. The van der Waals surface area contributed by atoms with Crippen molar-refractivity contribution in [1.29, 1.82) is 0 Å². The molecule has 0 spiro atoms. The first-order chi connectivity index (χ1) is 8.18. The highest BCUT2D eigenvalue weighted by Crippen LogP contribution is 2.30. The maximum Gasteiger partial charge on any atom is 0.339 e. The van der Waals surface area contributed by atoms with Crippen molar-refractivity contribution in [3.05, 3.63) is 47.5 Å². The Balaban J connectivity index is 2.05. The standard InChI is InChI=1S/C13H12O4/c1-9(14)16-8-4-7-12-10-5-2-3-6-11(10)13(15)17-12/h2-7,12H,8H2,1H3/b7-4+. The third-order valence-electron chi connectivity index (χ3n) is 2.41. The molecule has 0 fully saturated rings. The summed E-state index contributed by atoms with van der Waals surface area (Å²) in [5.41, 5.74) is 1.44. The number of rotatable bonds is 3. The molecule has 1 aliphatic heterocycles. The van der Waals surface area contributed by atoms with Gasteiger partial charge in [0.05, 0.1) is 5.56 Å². The Labute approximate surface area is 98.8 Å². The van der Waals surface area contributed by atoms with Crippen LogP contribution in [0.1, 0.15) is 28.9 Å². The fraction of sp³-hybridized carbons (Fsp3) is 0.231. The summed E-state index contributed by atoms with van der Waals surface area (Å²) < 4.78 is 9.92. The second kappa shape index (κ2) is 4.82. The van der Waals surface area contributed by atoms with Crippen LogP contribution < -0.4 is 0 Å². The summed E-state index contributed by atoms with van der Waals surface area (Å²) in [5.74, 6) is -0.652. The van der Waals surface area contributed by atoms with Gasteiger partial charge in [0.25, 0.3) is 0 Å². The molecule has 0 amide bonds. The van der Waals surface area contributed by atoms with Crippen molar-refractivity contribution >= 4 is 11.9 Å². The number of benzene rings is 1.